The van der Waals surface area contributed by atoms with E-state index in [-0.39, 0.29) is 16.4 Å². The quantitative estimate of drug-likeness (QED) is 0.789. The number of rotatable bonds is 2. The van der Waals surface area contributed by atoms with Gasteiger partial charge in [-0.1, -0.05) is 30.3 Å². The highest BCUT2D eigenvalue weighted by Gasteiger charge is 2.38. The predicted molar refractivity (Wildman–Crippen MR) is 109 cm³/mol. The van der Waals surface area contributed by atoms with E-state index >= 15 is 0 Å². The summed E-state index contributed by atoms with van der Waals surface area (Å²) >= 11 is 1.07. The van der Waals surface area contributed by atoms with E-state index in [0.717, 1.165) is 17.4 Å². The molecule has 2 aliphatic heterocycles. The summed E-state index contributed by atoms with van der Waals surface area (Å²) in [6.45, 7) is 0. The number of carboxylic acids is 1. The van der Waals surface area contributed by atoms with Crippen molar-refractivity contribution in [3.05, 3.63) is 64.6 Å². The van der Waals surface area contributed by atoms with Gasteiger partial charge in [-0.05, 0) is 30.0 Å². The third-order valence-corrected chi connectivity index (χ3v) is 5.78. The molecule has 28 heavy (non-hydrogen) atoms. The van der Waals surface area contributed by atoms with Gasteiger partial charge in [0.25, 0.3) is 11.8 Å². The van der Waals surface area contributed by atoms with Crippen molar-refractivity contribution in [1.82, 2.24) is 0 Å². The minimum absolute atomic E-state index is 0.101. The van der Waals surface area contributed by atoms with Crippen molar-refractivity contribution in [2.45, 2.75) is 0 Å². The highest BCUT2D eigenvalue weighted by atomic mass is 32.2. The molecule has 2 aliphatic rings. The Morgan fingerprint density at radius 2 is 1.79 bits per heavy atom. The molecule has 2 heterocycles. The Balaban J connectivity index is 1.74. The summed E-state index contributed by atoms with van der Waals surface area (Å²) in [7, 11) is 3.31. The van der Waals surface area contributed by atoms with Gasteiger partial charge in [-0.2, -0.15) is 4.99 Å². The van der Waals surface area contributed by atoms with Gasteiger partial charge in [-0.3, -0.25) is 9.59 Å². The molecule has 2 aromatic rings. The van der Waals surface area contributed by atoms with Gasteiger partial charge in [0.15, 0.2) is 5.17 Å². The number of carbonyl (C=O) groups excluding carboxylic acids is 2. The first kappa shape index (κ1) is 18.0. The van der Waals surface area contributed by atoms with E-state index in [4.69, 9.17) is 0 Å². The maximum absolute atomic E-state index is 12.7. The predicted octanol–water partition coefficient (Wildman–Crippen LogP) is 2.84. The molecule has 140 valence electrons. The number of carbonyl (C=O) groups is 3. The molecule has 0 saturated carbocycles. The van der Waals surface area contributed by atoms with Crippen LogP contribution in [0.25, 0.3) is 5.57 Å². The number of amidine groups is 1. The molecule has 0 saturated heterocycles. The first-order chi connectivity index (χ1) is 13.4. The van der Waals surface area contributed by atoms with E-state index in [9.17, 15) is 19.5 Å². The van der Waals surface area contributed by atoms with Gasteiger partial charge < -0.3 is 14.9 Å². The molecule has 8 heteroatoms. The second kappa shape index (κ2) is 6.65. The third kappa shape index (κ3) is 2.69. The number of nitrogens with zero attached hydrogens (tertiary/aromatic N) is 3. The smallest absolute Gasteiger partial charge is 0.337 e. The molecule has 0 aromatic heterocycles. The molecule has 0 spiro atoms. The Kier molecular flexibility index (Phi) is 4.27. The van der Waals surface area contributed by atoms with Crippen LogP contribution in [0.3, 0.4) is 0 Å². The molecule has 2 aromatic carbocycles. The molecular formula is C20H15N3O4S. The summed E-state index contributed by atoms with van der Waals surface area (Å²) in [4.78, 5) is 44.2. The molecule has 0 atom stereocenters. The van der Waals surface area contributed by atoms with Gasteiger partial charge in [-0.15, -0.1) is 0 Å². The number of aliphatic imine (C=N–C) groups is 1. The van der Waals surface area contributed by atoms with Crippen LogP contribution in [-0.4, -0.2) is 42.2 Å². The molecule has 2 amide bonds. The average Bonchev–Trinajstić information content (AvgIpc) is 3.19. The minimum Gasteiger partial charge on any atom is -0.478 e. The Hall–Kier alpha value is -3.39. The van der Waals surface area contributed by atoms with Gasteiger partial charge in [0, 0.05) is 19.7 Å². The Morgan fingerprint density at radius 1 is 1.11 bits per heavy atom. The zero-order chi connectivity index (χ0) is 20.0. The number of hydrogen-bond donors (Lipinski definition) is 1. The number of aromatic carboxylic acids is 1. The normalized spacial score (nSPS) is 18.4. The van der Waals surface area contributed by atoms with Crippen molar-refractivity contribution >= 4 is 51.7 Å². The summed E-state index contributed by atoms with van der Waals surface area (Å²) in [5, 5.41) is 9.73. The Morgan fingerprint density at radius 3 is 2.54 bits per heavy atom. The number of hydrogen-bond acceptors (Lipinski definition) is 5. The number of anilines is 2. The maximum atomic E-state index is 12.7. The van der Waals surface area contributed by atoms with Crippen LogP contribution < -0.4 is 9.80 Å². The topological polar surface area (TPSA) is 90.3 Å². The molecule has 0 fully saturated rings. The number of para-hydroxylation sites is 2. The van der Waals surface area contributed by atoms with E-state index in [1.54, 1.807) is 43.3 Å². The van der Waals surface area contributed by atoms with E-state index in [2.05, 4.69) is 4.99 Å². The van der Waals surface area contributed by atoms with Gasteiger partial charge in [-0.25, -0.2) is 4.79 Å². The molecular weight excluding hydrogens is 378 g/mol. The molecule has 0 unspecified atom stereocenters. The van der Waals surface area contributed by atoms with Crippen molar-refractivity contribution in [1.29, 1.82) is 0 Å². The molecule has 4 rings (SSSR count). The highest BCUT2D eigenvalue weighted by Crippen LogP contribution is 2.43. The van der Waals surface area contributed by atoms with Crippen LogP contribution in [0.15, 0.2) is 58.4 Å². The lowest BCUT2D eigenvalue weighted by Crippen LogP contribution is -2.24. The van der Waals surface area contributed by atoms with Crippen molar-refractivity contribution in [3.63, 3.8) is 0 Å². The van der Waals surface area contributed by atoms with Gasteiger partial charge in [0.2, 0.25) is 0 Å². The summed E-state index contributed by atoms with van der Waals surface area (Å²) in [5.41, 5.74) is 2.27. The lowest BCUT2D eigenvalue weighted by Gasteiger charge is -2.19. The molecule has 0 bridgehead atoms. The van der Waals surface area contributed by atoms with E-state index in [1.165, 1.54) is 11.0 Å². The monoisotopic (exact) mass is 393 g/mol. The van der Waals surface area contributed by atoms with Crippen molar-refractivity contribution in [3.8, 4) is 0 Å². The number of fused-ring (bicyclic) bond motifs is 1. The zero-order valence-corrected chi connectivity index (χ0v) is 15.9. The fourth-order valence-electron chi connectivity index (χ4n) is 3.24. The van der Waals surface area contributed by atoms with Crippen LogP contribution in [0.5, 0.6) is 0 Å². The van der Waals surface area contributed by atoms with Gasteiger partial charge >= 0.3 is 5.97 Å². The van der Waals surface area contributed by atoms with Crippen LogP contribution in [-0.2, 0) is 9.59 Å². The van der Waals surface area contributed by atoms with Crippen LogP contribution >= 0.6 is 11.8 Å². The number of carboxylic acid groups (broad SMARTS) is 1. The van der Waals surface area contributed by atoms with Crippen molar-refractivity contribution in [2.75, 3.05) is 23.9 Å². The van der Waals surface area contributed by atoms with Crippen LogP contribution in [0.4, 0.5) is 11.4 Å². The third-order valence-electron chi connectivity index (χ3n) is 4.65. The molecule has 1 N–H and O–H groups in total. The average molecular weight is 393 g/mol. The standard InChI is InChI=1S/C20H15N3O4S/c1-22-13-9-5-3-7-11(13)15(18(22)25)16-17(24)21-20(28-16)23(2)14-10-6-4-8-12(14)19(26)27/h3-10H,1-2H3,(H,26,27)/b16-15-. The summed E-state index contributed by atoms with van der Waals surface area (Å²) in [6.07, 6.45) is 0. The first-order valence-electron chi connectivity index (χ1n) is 8.38. The summed E-state index contributed by atoms with van der Waals surface area (Å²) in [5.74, 6) is -1.84. The molecule has 0 radical (unpaired) electrons. The Labute approximate surface area is 165 Å². The van der Waals surface area contributed by atoms with Crippen LogP contribution in [0.2, 0.25) is 0 Å². The number of likely N-dealkylation sites (N-methyl/N-ethyl adjacent to an activating group) is 1. The van der Waals surface area contributed by atoms with Gasteiger partial charge in [0.1, 0.15) is 0 Å². The molecule has 7 nitrogen and oxygen atoms in total. The SMILES string of the molecule is CN(C1=NC(=O)/C(=C2/C(=O)N(C)c3ccccc32)S1)c1ccccc1C(=O)O. The summed E-state index contributed by atoms with van der Waals surface area (Å²) < 4.78 is 0. The zero-order valence-electron chi connectivity index (χ0n) is 15.0. The maximum Gasteiger partial charge on any atom is 0.337 e. The lowest BCUT2D eigenvalue weighted by atomic mass is 10.1. The van der Waals surface area contributed by atoms with E-state index in [0.29, 0.717) is 22.0 Å². The molecule has 0 aliphatic carbocycles. The van der Waals surface area contributed by atoms with Crippen LogP contribution in [0, 0.1) is 0 Å². The van der Waals surface area contributed by atoms with Crippen molar-refractivity contribution < 1.29 is 19.5 Å². The van der Waals surface area contributed by atoms with Crippen molar-refractivity contribution in [2.24, 2.45) is 4.99 Å². The fraction of sp³-hybridized carbons (Fsp3) is 0.100. The largest absolute Gasteiger partial charge is 0.478 e. The van der Waals surface area contributed by atoms with Crippen LogP contribution in [0.1, 0.15) is 15.9 Å². The second-order valence-corrected chi connectivity index (χ2v) is 7.25. The lowest BCUT2D eigenvalue weighted by molar-refractivity contribution is -0.115. The highest BCUT2D eigenvalue weighted by molar-refractivity contribution is 8.19. The first-order valence-corrected chi connectivity index (χ1v) is 9.20. The number of amides is 2. The Bertz CT molecular complexity index is 1110. The minimum atomic E-state index is -1.07. The summed E-state index contributed by atoms with van der Waals surface area (Å²) in [6, 6.07) is 13.7. The van der Waals surface area contributed by atoms with E-state index in [1.807, 2.05) is 18.2 Å². The van der Waals surface area contributed by atoms with E-state index < -0.39 is 11.9 Å². The van der Waals surface area contributed by atoms with Gasteiger partial charge in [0.05, 0.1) is 27.4 Å². The number of thioether (sulfide) groups is 1. The fourth-order valence-corrected chi connectivity index (χ4v) is 4.21. The number of benzene rings is 2. The second-order valence-electron chi connectivity index (χ2n) is 6.27.